The molecule has 2 heterocycles. The lowest BCUT2D eigenvalue weighted by atomic mass is 10.0. The third-order valence-corrected chi connectivity index (χ3v) is 4.77. The number of benzene rings is 2. The SMILES string of the molecule is C=Cc1ccc(CN2C(=O)OC[C@@H]2Cc2c[nH]c3ccccc23)cc1. The van der Waals surface area contributed by atoms with Gasteiger partial charge in [-0.2, -0.15) is 0 Å². The maximum Gasteiger partial charge on any atom is 0.410 e. The number of amides is 1. The highest BCUT2D eigenvalue weighted by atomic mass is 16.6. The lowest BCUT2D eigenvalue weighted by Gasteiger charge is -2.21. The zero-order chi connectivity index (χ0) is 17.2. The predicted molar refractivity (Wildman–Crippen MR) is 99.2 cm³/mol. The predicted octanol–water partition coefficient (Wildman–Crippen LogP) is 4.37. The van der Waals surface area contributed by atoms with Gasteiger partial charge in [0.25, 0.3) is 0 Å². The van der Waals surface area contributed by atoms with Crippen LogP contribution in [0.1, 0.15) is 16.7 Å². The Kier molecular flexibility index (Phi) is 4.02. The van der Waals surface area contributed by atoms with Gasteiger partial charge in [0.05, 0.1) is 6.04 Å². The molecule has 2 aromatic carbocycles. The first-order chi connectivity index (χ1) is 12.2. The summed E-state index contributed by atoms with van der Waals surface area (Å²) >= 11 is 0. The summed E-state index contributed by atoms with van der Waals surface area (Å²) in [6.07, 6.45) is 4.39. The number of rotatable bonds is 5. The third-order valence-electron chi connectivity index (χ3n) is 4.77. The van der Waals surface area contributed by atoms with Gasteiger partial charge in [-0.15, -0.1) is 0 Å². The Hall–Kier alpha value is -3.01. The summed E-state index contributed by atoms with van der Waals surface area (Å²) in [6.45, 7) is 4.76. The van der Waals surface area contributed by atoms with Gasteiger partial charge in [0.1, 0.15) is 6.61 Å². The molecule has 1 fully saturated rings. The largest absolute Gasteiger partial charge is 0.447 e. The number of cyclic esters (lactones) is 1. The van der Waals surface area contributed by atoms with Crippen molar-refractivity contribution < 1.29 is 9.53 Å². The van der Waals surface area contributed by atoms with E-state index in [-0.39, 0.29) is 12.1 Å². The number of nitrogens with one attached hydrogen (secondary N) is 1. The van der Waals surface area contributed by atoms with Crippen LogP contribution in [-0.2, 0) is 17.7 Å². The Morgan fingerprint density at radius 2 is 2.00 bits per heavy atom. The molecule has 126 valence electrons. The van der Waals surface area contributed by atoms with Gasteiger partial charge in [-0.1, -0.05) is 55.1 Å². The van der Waals surface area contributed by atoms with Crippen LogP contribution in [0.4, 0.5) is 4.79 Å². The van der Waals surface area contributed by atoms with Crippen molar-refractivity contribution in [1.29, 1.82) is 0 Å². The number of para-hydroxylation sites is 1. The van der Waals surface area contributed by atoms with Crippen LogP contribution in [0.5, 0.6) is 0 Å². The van der Waals surface area contributed by atoms with E-state index in [4.69, 9.17) is 4.74 Å². The van der Waals surface area contributed by atoms with Crippen LogP contribution in [0.25, 0.3) is 17.0 Å². The normalized spacial score (nSPS) is 17.0. The summed E-state index contributed by atoms with van der Waals surface area (Å²) < 4.78 is 5.32. The number of aromatic amines is 1. The molecule has 4 rings (SSSR count). The van der Waals surface area contributed by atoms with Crippen molar-refractivity contribution in [3.05, 3.63) is 78.0 Å². The van der Waals surface area contributed by atoms with E-state index in [0.29, 0.717) is 13.2 Å². The monoisotopic (exact) mass is 332 g/mol. The van der Waals surface area contributed by atoms with Crippen LogP contribution in [0, 0.1) is 0 Å². The van der Waals surface area contributed by atoms with E-state index in [2.05, 4.69) is 23.7 Å². The summed E-state index contributed by atoms with van der Waals surface area (Å²) in [7, 11) is 0. The smallest absolute Gasteiger partial charge is 0.410 e. The van der Waals surface area contributed by atoms with Crippen molar-refractivity contribution in [1.82, 2.24) is 9.88 Å². The number of H-pyrrole nitrogens is 1. The molecule has 25 heavy (non-hydrogen) atoms. The minimum Gasteiger partial charge on any atom is -0.447 e. The van der Waals surface area contributed by atoms with Crippen LogP contribution in [0.3, 0.4) is 0 Å². The van der Waals surface area contributed by atoms with Gasteiger partial charge in [-0.25, -0.2) is 4.79 Å². The summed E-state index contributed by atoms with van der Waals surface area (Å²) in [5.74, 6) is 0. The van der Waals surface area contributed by atoms with Crippen molar-refractivity contribution in [3.63, 3.8) is 0 Å². The quantitative estimate of drug-likeness (QED) is 0.754. The van der Waals surface area contributed by atoms with Gasteiger partial charge in [0.15, 0.2) is 0 Å². The first kappa shape index (κ1) is 15.5. The highest BCUT2D eigenvalue weighted by Gasteiger charge is 2.33. The zero-order valence-corrected chi connectivity index (χ0v) is 13.9. The topological polar surface area (TPSA) is 45.3 Å². The van der Waals surface area contributed by atoms with E-state index in [1.807, 2.05) is 53.6 Å². The minimum absolute atomic E-state index is 0.0470. The number of hydrogen-bond acceptors (Lipinski definition) is 2. The highest BCUT2D eigenvalue weighted by Crippen LogP contribution is 2.24. The van der Waals surface area contributed by atoms with Gasteiger partial charge in [-0.05, 0) is 29.2 Å². The van der Waals surface area contributed by atoms with Crippen LogP contribution in [0.15, 0.2) is 61.3 Å². The summed E-state index contributed by atoms with van der Waals surface area (Å²) in [5, 5.41) is 1.21. The molecule has 1 amide bonds. The average molecular weight is 332 g/mol. The van der Waals surface area contributed by atoms with Gasteiger partial charge in [0.2, 0.25) is 0 Å². The van der Waals surface area contributed by atoms with Gasteiger partial charge < -0.3 is 9.72 Å². The molecule has 4 nitrogen and oxygen atoms in total. The maximum atomic E-state index is 12.2. The Morgan fingerprint density at radius 1 is 1.20 bits per heavy atom. The van der Waals surface area contributed by atoms with Crippen LogP contribution in [-0.4, -0.2) is 28.6 Å². The van der Waals surface area contributed by atoms with Gasteiger partial charge in [0, 0.05) is 23.6 Å². The second-order valence-electron chi connectivity index (χ2n) is 6.37. The molecule has 0 aliphatic carbocycles. The molecule has 4 heteroatoms. The summed E-state index contributed by atoms with van der Waals surface area (Å²) in [6, 6.07) is 16.4. The van der Waals surface area contributed by atoms with E-state index < -0.39 is 0 Å². The molecule has 0 spiro atoms. The number of hydrogen-bond donors (Lipinski definition) is 1. The fraction of sp³-hybridized carbons (Fsp3) is 0.190. The standard InChI is InChI=1S/C21H20N2O2/c1-2-15-7-9-16(10-8-15)13-23-18(14-25-21(23)24)11-17-12-22-20-6-4-3-5-19(17)20/h2-10,12,18,22H,1,11,13-14H2/t18-/m0/s1. The fourth-order valence-electron chi connectivity index (χ4n) is 3.36. The lowest BCUT2D eigenvalue weighted by molar-refractivity contribution is 0.156. The van der Waals surface area contributed by atoms with E-state index in [0.717, 1.165) is 23.1 Å². The van der Waals surface area contributed by atoms with Crippen molar-refractivity contribution in [2.24, 2.45) is 0 Å². The molecule has 1 N–H and O–H groups in total. The maximum absolute atomic E-state index is 12.2. The van der Waals surface area contributed by atoms with E-state index >= 15 is 0 Å². The van der Waals surface area contributed by atoms with E-state index in [1.165, 1.54) is 10.9 Å². The minimum atomic E-state index is -0.238. The average Bonchev–Trinajstić information content (AvgIpc) is 3.21. The van der Waals surface area contributed by atoms with E-state index in [9.17, 15) is 4.79 Å². The van der Waals surface area contributed by atoms with Gasteiger partial charge in [-0.3, -0.25) is 4.90 Å². The van der Waals surface area contributed by atoms with Crippen molar-refractivity contribution in [2.45, 2.75) is 19.0 Å². The number of ether oxygens (including phenoxy) is 1. The molecule has 1 aromatic heterocycles. The number of nitrogens with zero attached hydrogens (tertiary/aromatic N) is 1. The number of fused-ring (bicyclic) bond motifs is 1. The van der Waals surface area contributed by atoms with Crippen LogP contribution in [0.2, 0.25) is 0 Å². The molecule has 1 atom stereocenters. The van der Waals surface area contributed by atoms with Crippen molar-refractivity contribution in [3.8, 4) is 0 Å². The second kappa shape index (κ2) is 6.48. The molecule has 0 bridgehead atoms. The molecule has 0 unspecified atom stereocenters. The Morgan fingerprint density at radius 3 is 2.80 bits per heavy atom. The van der Waals surface area contributed by atoms with Crippen LogP contribution >= 0.6 is 0 Å². The Labute approximate surface area is 146 Å². The number of carbonyl (C=O) groups is 1. The Balaban J connectivity index is 1.54. The molecule has 3 aromatic rings. The summed E-state index contributed by atoms with van der Waals surface area (Å²) in [4.78, 5) is 17.3. The van der Waals surface area contributed by atoms with Crippen molar-refractivity contribution >= 4 is 23.1 Å². The van der Waals surface area contributed by atoms with E-state index in [1.54, 1.807) is 0 Å². The molecule has 1 aliphatic rings. The second-order valence-corrected chi connectivity index (χ2v) is 6.37. The fourth-order valence-corrected chi connectivity index (χ4v) is 3.36. The Bertz CT molecular complexity index is 911. The zero-order valence-electron chi connectivity index (χ0n) is 13.9. The highest BCUT2D eigenvalue weighted by molar-refractivity contribution is 5.83. The summed E-state index contributed by atoms with van der Waals surface area (Å²) in [5.41, 5.74) is 4.50. The third kappa shape index (κ3) is 3.03. The number of carbonyl (C=O) groups excluding carboxylic acids is 1. The molecule has 1 aliphatic heterocycles. The molecule has 0 radical (unpaired) electrons. The first-order valence-corrected chi connectivity index (χ1v) is 8.44. The molecule has 1 saturated heterocycles. The first-order valence-electron chi connectivity index (χ1n) is 8.44. The van der Waals surface area contributed by atoms with Gasteiger partial charge >= 0.3 is 6.09 Å². The molecular formula is C21H20N2O2. The number of aromatic nitrogens is 1. The molecular weight excluding hydrogens is 312 g/mol. The van der Waals surface area contributed by atoms with Crippen molar-refractivity contribution in [2.75, 3.05) is 6.61 Å². The lowest BCUT2D eigenvalue weighted by Crippen LogP contribution is -2.34. The van der Waals surface area contributed by atoms with Crippen LogP contribution < -0.4 is 0 Å². The molecule has 0 saturated carbocycles.